The monoisotopic (exact) mass is 343 g/mol. The van der Waals surface area contributed by atoms with Gasteiger partial charge in [-0.05, 0) is 24.6 Å². The van der Waals surface area contributed by atoms with E-state index in [1.54, 1.807) is 14.2 Å². The molecule has 0 N–H and O–H groups in total. The Hall–Kier alpha value is -2.50. The van der Waals surface area contributed by atoms with E-state index in [0.717, 1.165) is 29.2 Å². The Bertz CT molecular complexity index is 771. The van der Waals surface area contributed by atoms with Crippen molar-refractivity contribution < 1.29 is 14.3 Å². The average Bonchev–Trinajstić information content (AvgIpc) is 3.10. The molecule has 1 saturated heterocycles. The molecule has 25 heavy (non-hydrogen) atoms. The molecule has 6 nitrogen and oxygen atoms in total. The minimum absolute atomic E-state index is 0.116. The molecule has 1 aromatic heterocycles. The number of likely N-dealkylation sites (tertiary alicyclic amines) is 1. The summed E-state index contributed by atoms with van der Waals surface area (Å²) in [5.74, 6) is 1.65. The van der Waals surface area contributed by atoms with Crippen molar-refractivity contribution in [1.82, 2.24) is 14.7 Å². The second-order valence-corrected chi connectivity index (χ2v) is 7.13. The standard InChI is InChI=1S/C19H25N3O3/c1-14-9-20-22(10-14)13-19(2)8-18(23)21(12-19)11-15-5-6-16(24-3)7-17(15)25-4/h5-7,9-10H,8,11-13H2,1-4H3. The van der Waals surface area contributed by atoms with Crippen molar-refractivity contribution in [2.75, 3.05) is 20.8 Å². The number of rotatable bonds is 6. The van der Waals surface area contributed by atoms with Gasteiger partial charge in [-0.2, -0.15) is 5.10 Å². The first-order chi connectivity index (χ1) is 11.9. The minimum Gasteiger partial charge on any atom is -0.497 e. The number of hydrogen-bond acceptors (Lipinski definition) is 4. The van der Waals surface area contributed by atoms with Gasteiger partial charge in [0.05, 0.1) is 20.4 Å². The number of aryl methyl sites for hydroxylation is 1. The van der Waals surface area contributed by atoms with E-state index < -0.39 is 0 Å². The van der Waals surface area contributed by atoms with E-state index >= 15 is 0 Å². The van der Waals surface area contributed by atoms with E-state index in [0.29, 0.717) is 19.5 Å². The minimum atomic E-state index is -0.116. The predicted octanol–water partition coefficient (Wildman–Crippen LogP) is 2.65. The molecule has 3 rings (SSSR count). The normalized spacial score (nSPS) is 20.2. The lowest BCUT2D eigenvalue weighted by atomic mass is 9.90. The van der Waals surface area contributed by atoms with Crippen LogP contribution < -0.4 is 9.47 Å². The number of carbonyl (C=O) groups is 1. The number of aromatic nitrogens is 2. The molecule has 1 fully saturated rings. The fraction of sp³-hybridized carbons (Fsp3) is 0.474. The highest BCUT2D eigenvalue weighted by atomic mass is 16.5. The lowest BCUT2D eigenvalue weighted by molar-refractivity contribution is -0.128. The van der Waals surface area contributed by atoms with E-state index in [4.69, 9.17) is 9.47 Å². The summed E-state index contributed by atoms with van der Waals surface area (Å²) in [5.41, 5.74) is 2.00. The number of amides is 1. The number of nitrogens with zero attached hydrogens (tertiary/aromatic N) is 3. The molecule has 1 aromatic carbocycles. The largest absolute Gasteiger partial charge is 0.497 e. The first-order valence-electron chi connectivity index (χ1n) is 8.40. The van der Waals surface area contributed by atoms with Crippen LogP contribution >= 0.6 is 0 Å². The van der Waals surface area contributed by atoms with Crippen molar-refractivity contribution >= 4 is 5.91 Å². The van der Waals surface area contributed by atoms with Crippen LogP contribution in [0.3, 0.4) is 0 Å². The molecule has 1 aliphatic heterocycles. The van der Waals surface area contributed by atoms with Crippen LogP contribution in [0.5, 0.6) is 11.5 Å². The summed E-state index contributed by atoms with van der Waals surface area (Å²) < 4.78 is 12.6. The molecule has 1 aliphatic rings. The maximum atomic E-state index is 12.5. The summed E-state index contributed by atoms with van der Waals surface area (Å²) in [6.07, 6.45) is 4.40. The maximum absolute atomic E-state index is 12.5. The lowest BCUT2D eigenvalue weighted by Crippen LogP contribution is -2.29. The second kappa shape index (κ2) is 6.78. The zero-order valence-electron chi connectivity index (χ0n) is 15.3. The Morgan fingerprint density at radius 3 is 2.72 bits per heavy atom. The van der Waals surface area contributed by atoms with Gasteiger partial charge in [-0.25, -0.2) is 0 Å². The Morgan fingerprint density at radius 2 is 2.08 bits per heavy atom. The molecular weight excluding hydrogens is 318 g/mol. The summed E-state index contributed by atoms with van der Waals surface area (Å²) >= 11 is 0. The number of ether oxygens (including phenoxy) is 2. The topological polar surface area (TPSA) is 56.6 Å². The summed E-state index contributed by atoms with van der Waals surface area (Å²) in [6.45, 7) is 6.16. The van der Waals surface area contributed by atoms with Gasteiger partial charge in [0.2, 0.25) is 5.91 Å². The molecule has 0 saturated carbocycles. The molecule has 0 radical (unpaired) electrons. The van der Waals surface area contributed by atoms with Crippen LogP contribution in [0.25, 0.3) is 0 Å². The third-order valence-electron chi connectivity index (χ3n) is 4.66. The lowest BCUT2D eigenvalue weighted by Gasteiger charge is -2.24. The molecule has 134 valence electrons. The van der Waals surface area contributed by atoms with Crippen molar-refractivity contribution in [3.05, 3.63) is 41.7 Å². The Kier molecular flexibility index (Phi) is 4.70. The zero-order valence-corrected chi connectivity index (χ0v) is 15.3. The summed E-state index contributed by atoms with van der Waals surface area (Å²) in [7, 11) is 3.26. The highest BCUT2D eigenvalue weighted by molar-refractivity contribution is 5.79. The molecule has 1 amide bonds. The van der Waals surface area contributed by atoms with Gasteiger partial charge >= 0.3 is 0 Å². The fourth-order valence-corrected chi connectivity index (χ4v) is 3.46. The van der Waals surface area contributed by atoms with Crippen LogP contribution in [0.15, 0.2) is 30.6 Å². The SMILES string of the molecule is COc1ccc(CN2CC(C)(Cn3cc(C)cn3)CC2=O)c(OC)c1. The van der Waals surface area contributed by atoms with E-state index in [2.05, 4.69) is 12.0 Å². The van der Waals surface area contributed by atoms with Gasteiger partial charge in [-0.1, -0.05) is 6.92 Å². The predicted molar refractivity (Wildman–Crippen MR) is 94.7 cm³/mol. The van der Waals surface area contributed by atoms with E-state index in [1.165, 1.54) is 0 Å². The number of carbonyl (C=O) groups excluding carboxylic acids is 1. The van der Waals surface area contributed by atoms with Crippen LogP contribution in [-0.4, -0.2) is 41.4 Å². The van der Waals surface area contributed by atoms with Gasteiger partial charge in [0, 0.05) is 49.3 Å². The van der Waals surface area contributed by atoms with Crippen LogP contribution in [0.4, 0.5) is 0 Å². The highest BCUT2D eigenvalue weighted by Gasteiger charge is 2.40. The summed E-state index contributed by atoms with van der Waals surface area (Å²) in [4.78, 5) is 14.4. The fourth-order valence-electron chi connectivity index (χ4n) is 3.46. The molecular formula is C19H25N3O3. The van der Waals surface area contributed by atoms with Crippen LogP contribution in [0.1, 0.15) is 24.5 Å². The van der Waals surface area contributed by atoms with Gasteiger partial charge in [0.15, 0.2) is 0 Å². The Morgan fingerprint density at radius 1 is 1.28 bits per heavy atom. The smallest absolute Gasteiger partial charge is 0.223 e. The van der Waals surface area contributed by atoms with Gasteiger partial charge in [-0.3, -0.25) is 9.48 Å². The summed E-state index contributed by atoms with van der Waals surface area (Å²) in [6, 6.07) is 5.70. The number of hydrogen-bond donors (Lipinski definition) is 0. The Balaban J connectivity index is 1.72. The van der Waals surface area contributed by atoms with Gasteiger partial charge in [0.1, 0.15) is 11.5 Å². The van der Waals surface area contributed by atoms with Crippen molar-refractivity contribution in [2.24, 2.45) is 5.41 Å². The molecule has 6 heteroatoms. The van der Waals surface area contributed by atoms with E-state index in [9.17, 15) is 4.79 Å². The van der Waals surface area contributed by atoms with Crippen LogP contribution in [0.2, 0.25) is 0 Å². The molecule has 0 bridgehead atoms. The van der Waals surface area contributed by atoms with E-state index in [-0.39, 0.29) is 11.3 Å². The van der Waals surface area contributed by atoms with Crippen molar-refractivity contribution in [3.63, 3.8) is 0 Å². The van der Waals surface area contributed by atoms with Gasteiger partial charge < -0.3 is 14.4 Å². The molecule has 2 heterocycles. The molecule has 0 aliphatic carbocycles. The van der Waals surface area contributed by atoms with Crippen molar-refractivity contribution in [2.45, 2.75) is 33.4 Å². The molecule has 1 unspecified atom stereocenters. The summed E-state index contributed by atoms with van der Waals surface area (Å²) in [5, 5.41) is 4.36. The van der Waals surface area contributed by atoms with Crippen LogP contribution in [0, 0.1) is 12.3 Å². The van der Waals surface area contributed by atoms with Gasteiger partial charge in [0.25, 0.3) is 0 Å². The average molecular weight is 343 g/mol. The number of benzene rings is 1. The second-order valence-electron chi connectivity index (χ2n) is 7.13. The molecule has 1 atom stereocenters. The first-order valence-corrected chi connectivity index (χ1v) is 8.40. The maximum Gasteiger partial charge on any atom is 0.223 e. The third kappa shape index (κ3) is 3.78. The zero-order chi connectivity index (χ0) is 18.0. The van der Waals surface area contributed by atoms with Crippen molar-refractivity contribution in [3.8, 4) is 11.5 Å². The third-order valence-corrected chi connectivity index (χ3v) is 4.66. The molecule has 0 spiro atoms. The number of methoxy groups -OCH3 is 2. The van der Waals surface area contributed by atoms with Gasteiger partial charge in [-0.15, -0.1) is 0 Å². The van der Waals surface area contributed by atoms with Crippen molar-refractivity contribution in [1.29, 1.82) is 0 Å². The Labute approximate surface area is 148 Å². The molecule has 2 aromatic rings. The quantitative estimate of drug-likeness (QED) is 0.809. The first kappa shape index (κ1) is 17.3. The van der Waals surface area contributed by atoms with E-state index in [1.807, 2.05) is 47.1 Å². The highest BCUT2D eigenvalue weighted by Crippen LogP contribution is 2.35. The van der Waals surface area contributed by atoms with Crippen LogP contribution in [-0.2, 0) is 17.9 Å².